The summed E-state index contributed by atoms with van der Waals surface area (Å²) in [5, 5.41) is 0. The molecule has 0 aliphatic carbocycles. The summed E-state index contributed by atoms with van der Waals surface area (Å²) < 4.78 is 209. The molecule has 0 unspecified atom stereocenters. The van der Waals surface area contributed by atoms with E-state index in [1.54, 1.807) is 0 Å². The van der Waals surface area contributed by atoms with Crippen molar-refractivity contribution >= 4 is 0 Å². The predicted molar refractivity (Wildman–Crippen MR) is 41.7 cm³/mol. The molecule has 0 radical (unpaired) electrons. The van der Waals surface area contributed by atoms with E-state index < -0.39 is 48.1 Å². The summed E-state index contributed by atoms with van der Waals surface area (Å²) in [5.41, 5.74) is 0. The Bertz CT molecular complexity index is 492. The van der Waals surface area contributed by atoms with Gasteiger partial charge < -0.3 is 48.0 Å². The number of halogens is 19. The first kappa shape index (κ1) is 31.9. The van der Waals surface area contributed by atoms with Gasteiger partial charge in [-0.3, -0.25) is 0 Å². The van der Waals surface area contributed by atoms with Gasteiger partial charge in [-0.2, -0.15) is 65.9 Å². The van der Waals surface area contributed by atoms with E-state index in [9.17, 15) is 74.6 Å². The topological polar surface area (TPSA) is 0 Å². The van der Waals surface area contributed by atoms with Crippen LogP contribution in [0.4, 0.5) is 74.6 Å². The van der Waals surface area contributed by atoms with Crippen LogP contribution in [0.1, 0.15) is 0 Å². The van der Waals surface area contributed by atoms with E-state index in [0.29, 0.717) is 0 Å². The zero-order valence-electron chi connectivity index (χ0n) is 11.3. The second kappa shape index (κ2) is 8.19. The molecule has 0 fully saturated rings. The molecule has 0 aromatic carbocycles. The summed E-state index contributed by atoms with van der Waals surface area (Å²) in [6.07, 6.45) is -13.6. The number of alkyl halides is 17. The van der Waals surface area contributed by atoms with Gasteiger partial charge in [0.1, 0.15) is 0 Å². The summed E-state index contributed by atoms with van der Waals surface area (Å²) in [5.74, 6) is -49.2. The summed E-state index contributed by atoms with van der Waals surface area (Å²) >= 11 is 0. The van der Waals surface area contributed by atoms with Crippen molar-refractivity contribution in [1.82, 2.24) is 0 Å². The molecule has 0 saturated carbocycles. The molecular formula is C8HF17I2-2. The molecule has 0 aromatic heterocycles. The number of hydrogen-bond acceptors (Lipinski definition) is 0. The van der Waals surface area contributed by atoms with Crippen molar-refractivity contribution in [2.45, 2.75) is 48.1 Å². The lowest BCUT2D eigenvalue weighted by atomic mass is 9.91. The van der Waals surface area contributed by atoms with Crippen LogP contribution < -0.4 is 48.0 Å². The minimum atomic E-state index is -8.54. The Morgan fingerprint density at radius 2 is 0.593 bits per heavy atom. The molecule has 0 aliphatic rings. The van der Waals surface area contributed by atoms with Crippen molar-refractivity contribution < 1.29 is 123 Å². The lowest BCUT2D eigenvalue weighted by molar-refractivity contribution is -0.456. The van der Waals surface area contributed by atoms with Crippen molar-refractivity contribution in [3.05, 3.63) is 0 Å². The van der Waals surface area contributed by atoms with Crippen LogP contribution in [-0.4, -0.2) is 48.1 Å². The van der Waals surface area contributed by atoms with Crippen LogP contribution in [-0.2, 0) is 0 Å². The Labute approximate surface area is 170 Å². The van der Waals surface area contributed by atoms with Gasteiger partial charge in [0.15, 0.2) is 0 Å². The van der Waals surface area contributed by atoms with Crippen LogP contribution in [0.2, 0.25) is 0 Å². The third-order valence-electron chi connectivity index (χ3n) is 2.63. The number of rotatable bonds is 6. The quantitative estimate of drug-likeness (QED) is 0.267. The van der Waals surface area contributed by atoms with Gasteiger partial charge in [-0.15, -0.1) is 0 Å². The van der Waals surface area contributed by atoms with Crippen LogP contribution in [0.15, 0.2) is 0 Å². The van der Waals surface area contributed by atoms with Crippen LogP contribution in [0.3, 0.4) is 0 Å². The van der Waals surface area contributed by atoms with Gasteiger partial charge in [0.25, 0.3) is 0 Å². The molecule has 0 spiro atoms. The van der Waals surface area contributed by atoms with Crippen molar-refractivity contribution in [3.8, 4) is 0 Å². The molecule has 0 N–H and O–H groups in total. The second-order valence-electron chi connectivity index (χ2n) is 4.29. The highest BCUT2D eigenvalue weighted by Gasteiger charge is 2.94. The minimum absolute atomic E-state index is 0. The fourth-order valence-corrected chi connectivity index (χ4v) is 1.12. The molecular weight excluding hydrogens is 673 g/mol. The van der Waals surface area contributed by atoms with Gasteiger partial charge in [-0.1, -0.05) is 0 Å². The van der Waals surface area contributed by atoms with Gasteiger partial charge in [-0.25, -0.2) is 8.78 Å². The maximum Gasteiger partial charge on any atom is 0.460 e. The fraction of sp³-hybridized carbons (Fsp3) is 1.00. The fourth-order valence-electron chi connectivity index (χ4n) is 1.12. The summed E-state index contributed by atoms with van der Waals surface area (Å²) in [4.78, 5) is 0. The molecule has 0 bridgehead atoms. The Kier molecular flexibility index (Phi) is 9.69. The van der Waals surface area contributed by atoms with Crippen molar-refractivity contribution in [1.29, 1.82) is 0 Å². The molecule has 0 saturated heterocycles. The van der Waals surface area contributed by atoms with Gasteiger partial charge >= 0.3 is 48.1 Å². The zero-order chi connectivity index (χ0) is 21.1. The molecule has 0 rings (SSSR count). The second-order valence-corrected chi connectivity index (χ2v) is 4.29. The van der Waals surface area contributed by atoms with Crippen molar-refractivity contribution in [2.75, 3.05) is 0 Å². The highest BCUT2D eigenvalue weighted by Crippen LogP contribution is 2.62. The van der Waals surface area contributed by atoms with E-state index >= 15 is 0 Å². The van der Waals surface area contributed by atoms with Crippen molar-refractivity contribution in [3.63, 3.8) is 0 Å². The van der Waals surface area contributed by atoms with Gasteiger partial charge in [0.05, 0.1) is 0 Å². The Balaban J connectivity index is -0.00000288. The van der Waals surface area contributed by atoms with Gasteiger partial charge in [-0.05, 0) is 0 Å². The molecule has 27 heavy (non-hydrogen) atoms. The van der Waals surface area contributed by atoms with Gasteiger partial charge in [0, 0.05) is 0 Å². The Morgan fingerprint density at radius 1 is 0.370 bits per heavy atom. The van der Waals surface area contributed by atoms with E-state index in [1.165, 1.54) is 0 Å². The minimum Gasteiger partial charge on any atom is -1.00 e. The van der Waals surface area contributed by atoms with E-state index in [2.05, 4.69) is 0 Å². The van der Waals surface area contributed by atoms with Crippen LogP contribution >= 0.6 is 0 Å². The predicted octanol–water partition coefficient (Wildman–Crippen LogP) is -0.366. The Hall–Kier alpha value is 0.270. The first-order chi connectivity index (χ1) is 10.4. The standard InChI is InChI=1S/C8HF17.2HI/c9-1(10)2(11,12)3(13,14)4(15,16)5(17,18)6(19,20)7(21,22)8(23,24)25;;/h1H;2*1H/p-2. The molecule has 0 nitrogen and oxygen atoms in total. The van der Waals surface area contributed by atoms with Crippen LogP contribution in [0.5, 0.6) is 0 Å². The normalized spacial score (nSPS) is 15.3. The average Bonchev–Trinajstić information content (AvgIpc) is 2.35. The zero-order valence-corrected chi connectivity index (χ0v) is 15.6. The summed E-state index contributed by atoms with van der Waals surface area (Å²) in [6.45, 7) is 0. The van der Waals surface area contributed by atoms with Crippen LogP contribution in [0, 0.1) is 0 Å². The summed E-state index contributed by atoms with van der Waals surface area (Å²) in [6, 6.07) is 0. The SMILES string of the molecule is FC(F)C(F)(F)C(F)(F)C(F)(F)C(F)(F)C(F)(F)C(F)(F)C(F)(F)F.[I-].[I-]. The lowest BCUT2D eigenvalue weighted by Gasteiger charge is -2.41. The molecule has 0 aromatic rings. The van der Waals surface area contributed by atoms with Crippen LogP contribution in [0.25, 0.3) is 0 Å². The molecule has 0 heterocycles. The molecule has 0 atom stereocenters. The molecule has 168 valence electrons. The average molecular weight is 674 g/mol. The monoisotopic (exact) mass is 674 g/mol. The first-order valence-corrected chi connectivity index (χ1v) is 5.06. The van der Waals surface area contributed by atoms with E-state index in [4.69, 9.17) is 0 Å². The third kappa shape index (κ3) is 4.26. The third-order valence-corrected chi connectivity index (χ3v) is 2.63. The smallest absolute Gasteiger partial charge is 0.460 e. The molecule has 0 amide bonds. The van der Waals surface area contributed by atoms with Gasteiger partial charge in [0.2, 0.25) is 0 Å². The van der Waals surface area contributed by atoms with E-state index in [-0.39, 0.29) is 48.0 Å². The molecule has 19 heteroatoms. The largest absolute Gasteiger partial charge is 1.00 e. The number of hydrogen-bond donors (Lipinski definition) is 0. The van der Waals surface area contributed by atoms with Crippen molar-refractivity contribution in [2.24, 2.45) is 0 Å². The highest BCUT2D eigenvalue weighted by molar-refractivity contribution is 5.13. The maximum atomic E-state index is 12.8. The lowest BCUT2D eigenvalue weighted by Crippen LogP contribution is -3.00. The maximum absolute atomic E-state index is 12.8. The van der Waals surface area contributed by atoms with E-state index in [1.807, 2.05) is 0 Å². The summed E-state index contributed by atoms with van der Waals surface area (Å²) in [7, 11) is 0. The Morgan fingerprint density at radius 3 is 0.815 bits per heavy atom. The molecule has 0 aliphatic heterocycles. The highest BCUT2D eigenvalue weighted by atomic mass is 127. The van der Waals surface area contributed by atoms with E-state index in [0.717, 1.165) is 0 Å². The first-order valence-electron chi connectivity index (χ1n) is 5.06.